The van der Waals surface area contributed by atoms with Crippen molar-refractivity contribution in [3.05, 3.63) is 53.1 Å². The van der Waals surface area contributed by atoms with Crippen LogP contribution in [0.25, 0.3) is 11.0 Å². The molecule has 1 saturated carbocycles. The minimum Gasteiger partial charge on any atom is -0.481 e. The molecule has 2 N–H and O–H groups in total. The zero-order chi connectivity index (χ0) is 25.6. The number of halogens is 3. The SMILES string of the molecule is CC[C@@H](Nc1ncnc2nc(OC)c(C3(C#N)CC3)cc12)c1cccc(C(F)(F)C(C)(C)O)c1F. The van der Waals surface area contributed by atoms with Crippen LogP contribution in [-0.4, -0.2) is 32.8 Å². The van der Waals surface area contributed by atoms with Gasteiger partial charge in [0.05, 0.1) is 35.6 Å². The van der Waals surface area contributed by atoms with Gasteiger partial charge in [0.25, 0.3) is 0 Å². The lowest BCUT2D eigenvalue weighted by atomic mass is 9.90. The number of aliphatic hydroxyl groups is 1. The van der Waals surface area contributed by atoms with E-state index < -0.39 is 34.4 Å². The van der Waals surface area contributed by atoms with Crippen molar-refractivity contribution in [3.63, 3.8) is 0 Å². The van der Waals surface area contributed by atoms with Crippen LogP contribution in [0.4, 0.5) is 19.0 Å². The molecule has 0 amide bonds. The first-order valence-electron chi connectivity index (χ1n) is 11.3. The highest BCUT2D eigenvalue weighted by Crippen LogP contribution is 2.51. The van der Waals surface area contributed by atoms with E-state index >= 15 is 4.39 Å². The Hall–Kier alpha value is -3.45. The van der Waals surface area contributed by atoms with E-state index in [9.17, 15) is 19.1 Å². The van der Waals surface area contributed by atoms with Crippen LogP contribution in [0, 0.1) is 17.1 Å². The summed E-state index contributed by atoms with van der Waals surface area (Å²) in [6.45, 7) is 3.66. The number of hydrogen-bond acceptors (Lipinski definition) is 7. The summed E-state index contributed by atoms with van der Waals surface area (Å²) in [5.74, 6) is -4.27. The Bertz CT molecular complexity index is 1310. The first-order valence-corrected chi connectivity index (χ1v) is 11.3. The van der Waals surface area contributed by atoms with Crippen LogP contribution in [0.1, 0.15) is 62.8 Å². The van der Waals surface area contributed by atoms with E-state index in [2.05, 4.69) is 26.3 Å². The predicted molar refractivity (Wildman–Crippen MR) is 124 cm³/mol. The van der Waals surface area contributed by atoms with Gasteiger partial charge in [0.1, 0.15) is 23.6 Å². The molecule has 1 aliphatic carbocycles. The standard InChI is InChI=1S/C25H26F3N5O2/c1-5-18(14-7-6-8-16(19(14)26)25(27,28)23(2,3)34)32-20-15-11-17(24(12-29)9-10-24)22(35-4)33-21(15)31-13-30-20/h6-8,11,13,18,34H,5,9-10H2,1-4H3,(H,30,31,32,33)/t18-/m1/s1. The molecule has 0 saturated heterocycles. The van der Waals surface area contributed by atoms with E-state index in [1.54, 1.807) is 13.0 Å². The number of fused-ring (bicyclic) bond motifs is 1. The van der Waals surface area contributed by atoms with Crippen LogP contribution in [0.5, 0.6) is 5.88 Å². The van der Waals surface area contributed by atoms with Gasteiger partial charge in [0, 0.05) is 11.1 Å². The molecule has 184 valence electrons. The molecule has 1 fully saturated rings. The highest BCUT2D eigenvalue weighted by Gasteiger charge is 2.49. The van der Waals surface area contributed by atoms with Gasteiger partial charge in [-0.3, -0.25) is 0 Å². The van der Waals surface area contributed by atoms with Crippen LogP contribution in [0.3, 0.4) is 0 Å². The molecule has 0 bridgehead atoms. The van der Waals surface area contributed by atoms with E-state index in [1.165, 1.54) is 25.6 Å². The number of ether oxygens (including phenoxy) is 1. The molecular formula is C25H26F3N5O2. The molecule has 1 aromatic carbocycles. The monoisotopic (exact) mass is 485 g/mol. The number of rotatable bonds is 8. The van der Waals surface area contributed by atoms with Crippen molar-refractivity contribution < 1.29 is 23.0 Å². The summed E-state index contributed by atoms with van der Waals surface area (Å²) in [4.78, 5) is 12.9. The van der Waals surface area contributed by atoms with Crippen molar-refractivity contribution in [1.29, 1.82) is 5.26 Å². The summed E-state index contributed by atoms with van der Waals surface area (Å²) in [5.41, 5.74) is -3.07. The number of pyridine rings is 1. The molecule has 0 unspecified atom stereocenters. The van der Waals surface area contributed by atoms with Crippen LogP contribution in [-0.2, 0) is 11.3 Å². The molecule has 1 aliphatic rings. The minimum absolute atomic E-state index is 0.0121. The molecule has 10 heteroatoms. The third-order valence-electron chi connectivity index (χ3n) is 6.49. The van der Waals surface area contributed by atoms with Crippen molar-refractivity contribution in [1.82, 2.24) is 15.0 Å². The zero-order valence-electron chi connectivity index (χ0n) is 19.9. The Balaban J connectivity index is 1.78. The zero-order valence-corrected chi connectivity index (χ0v) is 19.9. The number of alkyl halides is 2. The number of methoxy groups -OCH3 is 1. The first kappa shape index (κ1) is 24.7. The highest BCUT2D eigenvalue weighted by atomic mass is 19.3. The third kappa shape index (κ3) is 4.14. The van der Waals surface area contributed by atoms with Gasteiger partial charge in [-0.05, 0) is 45.2 Å². The number of benzene rings is 1. The van der Waals surface area contributed by atoms with Crippen LogP contribution in [0.2, 0.25) is 0 Å². The summed E-state index contributed by atoms with van der Waals surface area (Å²) < 4.78 is 50.4. The van der Waals surface area contributed by atoms with E-state index in [1.807, 2.05) is 0 Å². The lowest BCUT2D eigenvalue weighted by molar-refractivity contribution is -0.170. The summed E-state index contributed by atoms with van der Waals surface area (Å²) >= 11 is 0. The second-order valence-corrected chi connectivity index (χ2v) is 9.28. The predicted octanol–water partition coefficient (Wildman–Crippen LogP) is 5.15. The van der Waals surface area contributed by atoms with E-state index in [4.69, 9.17) is 4.74 Å². The van der Waals surface area contributed by atoms with Crippen LogP contribution < -0.4 is 10.1 Å². The Morgan fingerprint density at radius 1 is 1.29 bits per heavy atom. The van der Waals surface area contributed by atoms with Crippen LogP contribution in [0.15, 0.2) is 30.6 Å². The van der Waals surface area contributed by atoms with E-state index in [0.717, 1.165) is 19.9 Å². The number of anilines is 1. The Kier molecular flexibility index (Phi) is 6.09. The van der Waals surface area contributed by atoms with Gasteiger partial charge in [-0.1, -0.05) is 19.1 Å². The van der Waals surface area contributed by atoms with Gasteiger partial charge in [0.2, 0.25) is 5.88 Å². The largest absolute Gasteiger partial charge is 0.481 e. The normalized spacial score (nSPS) is 16.0. The Morgan fingerprint density at radius 2 is 2.00 bits per heavy atom. The summed E-state index contributed by atoms with van der Waals surface area (Å²) in [7, 11) is 1.47. The van der Waals surface area contributed by atoms with Crippen molar-refractivity contribution >= 4 is 16.9 Å². The molecule has 35 heavy (non-hydrogen) atoms. The maximum Gasteiger partial charge on any atom is 0.303 e. The maximum absolute atomic E-state index is 15.4. The average molecular weight is 486 g/mol. The topological polar surface area (TPSA) is 104 Å². The summed E-state index contributed by atoms with van der Waals surface area (Å²) in [6, 6.07) is 7.09. The highest BCUT2D eigenvalue weighted by molar-refractivity contribution is 5.88. The van der Waals surface area contributed by atoms with Crippen molar-refractivity contribution in [2.45, 2.75) is 63.0 Å². The van der Waals surface area contributed by atoms with E-state index in [-0.39, 0.29) is 5.56 Å². The molecule has 1 atom stereocenters. The lowest BCUT2D eigenvalue weighted by Crippen LogP contribution is -2.41. The number of aromatic nitrogens is 3. The summed E-state index contributed by atoms with van der Waals surface area (Å²) in [5, 5.41) is 23.3. The lowest BCUT2D eigenvalue weighted by Gasteiger charge is -2.30. The molecular weight excluding hydrogens is 459 g/mol. The third-order valence-corrected chi connectivity index (χ3v) is 6.49. The molecule has 0 aliphatic heterocycles. The fourth-order valence-electron chi connectivity index (χ4n) is 4.11. The molecule has 0 spiro atoms. The Morgan fingerprint density at radius 3 is 2.57 bits per heavy atom. The molecule has 3 aromatic rings. The molecule has 7 nitrogen and oxygen atoms in total. The molecule has 4 rings (SSSR count). The molecule has 0 radical (unpaired) electrons. The summed E-state index contributed by atoms with van der Waals surface area (Å²) in [6.07, 6.45) is 2.98. The van der Waals surface area contributed by atoms with Crippen molar-refractivity contribution in [3.8, 4) is 11.9 Å². The average Bonchev–Trinajstić information content (AvgIpc) is 3.62. The Labute approximate surface area is 201 Å². The van der Waals surface area contributed by atoms with Gasteiger partial charge in [-0.2, -0.15) is 19.0 Å². The first-order chi connectivity index (χ1) is 16.5. The number of hydrogen-bond donors (Lipinski definition) is 2. The quantitative estimate of drug-likeness (QED) is 0.455. The fraction of sp³-hybridized carbons (Fsp3) is 0.440. The smallest absolute Gasteiger partial charge is 0.303 e. The van der Waals surface area contributed by atoms with Gasteiger partial charge in [-0.15, -0.1) is 0 Å². The fourth-order valence-corrected chi connectivity index (χ4v) is 4.11. The minimum atomic E-state index is -3.81. The second-order valence-electron chi connectivity index (χ2n) is 9.28. The van der Waals surface area contributed by atoms with Gasteiger partial charge in [-0.25, -0.2) is 14.4 Å². The second kappa shape index (κ2) is 8.64. The number of nitriles is 1. The van der Waals surface area contributed by atoms with Gasteiger partial charge < -0.3 is 15.2 Å². The molecule has 2 aromatic heterocycles. The van der Waals surface area contributed by atoms with E-state index in [0.29, 0.717) is 47.6 Å². The maximum atomic E-state index is 15.4. The number of nitrogens with zero attached hydrogens (tertiary/aromatic N) is 4. The van der Waals surface area contributed by atoms with Crippen LogP contribution >= 0.6 is 0 Å². The van der Waals surface area contributed by atoms with Gasteiger partial charge in [0.15, 0.2) is 5.65 Å². The number of nitrogens with one attached hydrogen (secondary N) is 1. The van der Waals surface area contributed by atoms with Crippen molar-refractivity contribution in [2.75, 3.05) is 12.4 Å². The molecule has 2 heterocycles. The van der Waals surface area contributed by atoms with Gasteiger partial charge >= 0.3 is 5.92 Å². The van der Waals surface area contributed by atoms with Crippen molar-refractivity contribution in [2.24, 2.45) is 0 Å².